The first-order valence-electron chi connectivity index (χ1n) is 6.11. The van der Waals surface area contributed by atoms with Crippen LogP contribution in [0.25, 0.3) is 0 Å². The van der Waals surface area contributed by atoms with Crippen molar-refractivity contribution in [1.82, 2.24) is 10.3 Å². The first kappa shape index (κ1) is 16.8. The maximum atomic E-state index is 12.1. The molecular weight excluding hydrogens is 302 g/mol. The molecule has 2 N–H and O–H groups in total. The number of amides is 1. The van der Waals surface area contributed by atoms with E-state index >= 15 is 0 Å². The lowest BCUT2D eigenvalue weighted by Gasteiger charge is -2.20. The Morgan fingerprint density at radius 2 is 2.19 bits per heavy atom. The molecule has 0 saturated heterocycles. The summed E-state index contributed by atoms with van der Waals surface area (Å²) in [5.74, 6) is -2.31. The van der Waals surface area contributed by atoms with Crippen LogP contribution in [0.3, 0.4) is 0 Å². The second kappa shape index (κ2) is 6.98. The van der Waals surface area contributed by atoms with E-state index in [0.29, 0.717) is 6.42 Å². The molecule has 0 fully saturated rings. The molecule has 0 spiro atoms. The van der Waals surface area contributed by atoms with Crippen LogP contribution in [0.4, 0.5) is 5.69 Å². The smallest absolute Gasteiger partial charge is 0.326 e. The van der Waals surface area contributed by atoms with Crippen LogP contribution in [0.2, 0.25) is 5.15 Å². The van der Waals surface area contributed by atoms with E-state index in [9.17, 15) is 19.7 Å². The number of nitrogens with zero attached hydrogens (tertiary/aromatic N) is 2. The summed E-state index contributed by atoms with van der Waals surface area (Å²) < 4.78 is 0. The summed E-state index contributed by atoms with van der Waals surface area (Å²) >= 11 is 5.73. The maximum Gasteiger partial charge on any atom is 0.326 e. The van der Waals surface area contributed by atoms with Crippen LogP contribution in [-0.4, -0.2) is 32.9 Å². The van der Waals surface area contributed by atoms with Gasteiger partial charge in [-0.15, -0.1) is 0 Å². The largest absolute Gasteiger partial charge is 0.480 e. The van der Waals surface area contributed by atoms with Gasteiger partial charge < -0.3 is 10.4 Å². The van der Waals surface area contributed by atoms with Crippen molar-refractivity contribution in [3.63, 3.8) is 0 Å². The number of carboxylic acids is 1. The molecule has 114 valence electrons. The molecule has 1 amide bonds. The number of hydrogen-bond acceptors (Lipinski definition) is 5. The van der Waals surface area contributed by atoms with Crippen LogP contribution < -0.4 is 5.32 Å². The van der Waals surface area contributed by atoms with Crippen LogP contribution in [0.15, 0.2) is 12.3 Å². The molecular formula is C12H14ClN3O5. The van der Waals surface area contributed by atoms with Gasteiger partial charge in [-0.25, -0.2) is 9.78 Å². The SMILES string of the molecule is CCC(C)[C@H](NC(=O)c1cc([N+](=O)[O-])cnc1Cl)C(=O)O. The minimum Gasteiger partial charge on any atom is -0.480 e. The number of hydrogen-bond donors (Lipinski definition) is 2. The first-order valence-corrected chi connectivity index (χ1v) is 6.49. The molecule has 0 aliphatic carbocycles. The third-order valence-corrected chi connectivity index (χ3v) is 3.35. The molecule has 0 aliphatic rings. The van der Waals surface area contributed by atoms with Crippen molar-refractivity contribution in [1.29, 1.82) is 0 Å². The summed E-state index contributed by atoms with van der Waals surface area (Å²) in [5.41, 5.74) is -0.639. The number of aromatic nitrogens is 1. The Morgan fingerprint density at radius 1 is 1.57 bits per heavy atom. The molecule has 1 rings (SSSR count). The number of halogens is 1. The predicted octanol–water partition coefficient (Wildman–Crippen LogP) is 1.87. The molecule has 0 radical (unpaired) electrons. The summed E-state index contributed by atoms with van der Waals surface area (Å²) in [4.78, 5) is 36.7. The fourth-order valence-electron chi connectivity index (χ4n) is 1.60. The van der Waals surface area contributed by atoms with Gasteiger partial charge in [0.1, 0.15) is 17.4 Å². The fourth-order valence-corrected chi connectivity index (χ4v) is 1.79. The van der Waals surface area contributed by atoms with Crippen LogP contribution in [-0.2, 0) is 4.79 Å². The van der Waals surface area contributed by atoms with Crippen molar-refractivity contribution in [2.45, 2.75) is 26.3 Å². The highest BCUT2D eigenvalue weighted by molar-refractivity contribution is 6.32. The Labute approximate surface area is 125 Å². The predicted molar refractivity (Wildman–Crippen MR) is 74.2 cm³/mol. The molecule has 0 bridgehead atoms. The topological polar surface area (TPSA) is 122 Å². The number of aliphatic carboxylic acids is 1. The van der Waals surface area contributed by atoms with Gasteiger partial charge in [-0.3, -0.25) is 14.9 Å². The molecule has 21 heavy (non-hydrogen) atoms. The molecule has 0 saturated carbocycles. The van der Waals surface area contributed by atoms with Crippen molar-refractivity contribution in [3.05, 3.63) is 33.1 Å². The summed E-state index contributed by atoms with van der Waals surface area (Å²) in [7, 11) is 0. The molecule has 0 aromatic carbocycles. The Balaban J connectivity index is 3.05. The average molecular weight is 316 g/mol. The lowest BCUT2D eigenvalue weighted by molar-refractivity contribution is -0.385. The van der Waals surface area contributed by atoms with E-state index in [1.54, 1.807) is 13.8 Å². The van der Waals surface area contributed by atoms with Gasteiger partial charge in [-0.05, 0) is 5.92 Å². The second-order valence-electron chi connectivity index (χ2n) is 4.46. The molecule has 1 unspecified atom stereocenters. The van der Waals surface area contributed by atoms with Crippen LogP contribution in [0.1, 0.15) is 30.6 Å². The van der Waals surface area contributed by atoms with Gasteiger partial charge in [0, 0.05) is 6.07 Å². The van der Waals surface area contributed by atoms with Crippen molar-refractivity contribution >= 4 is 29.2 Å². The highest BCUT2D eigenvalue weighted by Gasteiger charge is 2.27. The Bertz CT molecular complexity index is 578. The van der Waals surface area contributed by atoms with Gasteiger partial charge in [-0.1, -0.05) is 31.9 Å². The third kappa shape index (κ3) is 4.12. The van der Waals surface area contributed by atoms with Crippen LogP contribution in [0, 0.1) is 16.0 Å². The van der Waals surface area contributed by atoms with Gasteiger partial charge >= 0.3 is 5.97 Å². The van der Waals surface area contributed by atoms with Gasteiger partial charge in [0.2, 0.25) is 0 Å². The van der Waals surface area contributed by atoms with E-state index in [1.807, 2.05) is 0 Å². The first-order chi connectivity index (χ1) is 9.77. The second-order valence-corrected chi connectivity index (χ2v) is 4.82. The number of rotatable bonds is 6. The number of nitro groups is 1. The Morgan fingerprint density at radius 3 is 2.67 bits per heavy atom. The highest BCUT2D eigenvalue weighted by Crippen LogP contribution is 2.19. The summed E-state index contributed by atoms with van der Waals surface area (Å²) in [6.07, 6.45) is 1.46. The number of carbonyl (C=O) groups excluding carboxylic acids is 1. The fraction of sp³-hybridized carbons (Fsp3) is 0.417. The molecule has 8 nitrogen and oxygen atoms in total. The summed E-state index contributed by atoms with van der Waals surface area (Å²) in [6.45, 7) is 3.46. The van der Waals surface area contributed by atoms with Crippen LogP contribution >= 0.6 is 11.6 Å². The standard InChI is InChI=1S/C12H14ClN3O5/c1-3-6(2)9(12(18)19)15-11(17)8-4-7(16(20)21)5-14-10(8)13/h4-6,9H,3H2,1-2H3,(H,15,17)(H,18,19)/t6?,9-/m0/s1. The van der Waals surface area contributed by atoms with Gasteiger partial charge in [0.05, 0.1) is 10.5 Å². The van der Waals surface area contributed by atoms with E-state index in [-0.39, 0.29) is 16.6 Å². The molecule has 0 aliphatic heterocycles. The van der Waals surface area contributed by atoms with Crippen molar-refractivity contribution < 1.29 is 19.6 Å². The van der Waals surface area contributed by atoms with Crippen molar-refractivity contribution in [2.75, 3.05) is 0 Å². The zero-order valence-corrected chi connectivity index (χ0v) is 12.1. The van der Waals surface area contributed by atoms with E-state index in [1.165, 1.54) is 0 Å². The zero-order valence-electron chi connectivity index (χ0n) is 11.4. The quantitative estimate of drug-likeness (QED) is 0.469. The molecule has 1 aromatic heterocycles. The average Bonchev–Trinajstić information content (AvgIpc) is 2.43. The lowest BCUT2D eigenvalue weighted by Crippen LogP contribution is -2.45. The molecule has 1 aromatic rings. The van der Waals surface area contributed by atoms with Gasteiger partial charge in [0.15, 0.2) is 0 Å². The van der Waals surface area contributed by atoms with Crippen molar-refractivity contribution in [3.8, 4) is 0 Å². The van der Waals surface area contributed by atoms with Gasteiger partial charge in [-0.2, -0.15) is 0 Å². The zero-order chi connectivity index (χ0) is 16.2. The van der Waals surface area contributed by atoms with E-state index in [0.717, 1.165) is 12.3 Å². The van der Waals surface area contributed by atoms with E-state index < -0.39 is 28.5 Å². The van der Waals surface area contributed by atoms with Crippen LogP contribution in [0.5, 0.6) is 0 Å². The Kier molecular flexibility index (Phi) is 5.60. The highest BCUT2D eigenvalue weighted by atomic mass is 35.5. The minimum atomic E-state index is -1.19. The third-order valence-electron chi connectivity index (χ3n) is 3.05. The molecule has 1 heterocycles. The van der Waals surface area contributed by atoms with Gasteiger partial charge in [0.25, 0.3) is 11.6 Å². The number of carbonyl (C=O) groups is 2. The Hall–Kier alpha value is -2.22. The minimum absolute atomic E-state index is 0.230. The summed E-state index contributed by atoms with van der Waals surface area (Å²) in [5, 5.41) is 21.9. The number of carboxylic acid groups (broad SMARTS) is 1. The van der Waals surface area contributed by atoms with E-state index in [2.05, 4.69) is 10.3 Å². The molecule has 9 heteroatoms. The number of nitrogens with one attached hydrogen (secondary N) is 1. The van der Waals surface area contributed by atoms with E-state index in [4.69, 9.17) is 16.7 Å². The molecule has 2 atom stereocenters. The lowest BCUT2D eigenvalue weighted by atomic mass is 9.99. The number of pyridine rings is 1. The monoisotopic (exact) mass is 315 g/mol. The normalized spacial score (nSPS) is 13.3. The van der Waals surface area contributed by atoms with Crippen molar-refractivity contribution in [2.24, 2.45) is 5.92 Å². The maximum absolute atomic E-state index is 12.1. The summed E-state index contributed by atoms with van der Waals surface area (Å²) in [6, 6.07) is -0.155.